The van der Waals surface area contributed by atoms with E-state index < -0.39 is 12.0 Å². The van der Waals surface area contributed by atoms with Gasteiger partial charge in [0.05, 0.1) is 18.6 Å². The van der Waals surface area contributed by atoms with E-state index in [2.05, 4.69) is 19.1 Å². The van der Waals surface area contributed by atoms with E-state index in [1.165, 1.54) is 5.57 Å². The molecule has 5 heteroatoms. The van der Waals surface area contributed by atoms with Gasteiger partial charge in [0.2, 0.25) is 0 Å². The Hall–Kier alpha value is -1.46. The molecule has 3 aliphatic carbocycles. The van der Waals surface area contributed by atoms with Gasteiger partial charge in [0.15, 0.2) is 5.78 Å². The molecule has 30 heavy (non-hydrogen) atoms. The van der Waals surface area contributed by atoms with Gasteiger partial charge in [-0.05, 0) is 74.7 Å². The Morgan fingerprint density at radius 1 is 1.07 bits per heavy atom. The highest BCUT2D eigenvalue weighted by molar-refractivity contribution is 5.99. The number of Topliss-reactive ketones (excluding diaryl/α,β-unsaturated/α-hetero) is 1. The highest BCUT2D eigenvalue weighted by Gasteiger charge is 2.51. The van der Waals surface area contributed by atoms with Crippen molar-refractivity contribution in [3.05, 3.63) is 23.3 Å². The molecule has 0 aromatic heterocycles. The van der Waals surface area contributed by atoms with Gasteiger partial charge in [-0.3, -0.25) is 9.59 Å². The molecule has 0 spiro atoms. The van der Waals surface area contributed by atoms with Crippen molar-refractivity contribution in [2.45, 2.75) is 84.0 Å². The van der Waals surface area contributed by atoms with Crippen LogP contribution in [0.4, 0.5) is 0 Å². The van der Waals surface area contributed by atoms with Gasteiger partial charge in [0.1, 0.15) is 6.10 Å². The third-order valence-corrected chi connectivity index (χ3v) is 8.24. The van der Waals surface area contributed by atoms with E-state index >= 15 is 0 Å². The molecule has 2 fully saturated rings. The first kappa shape index (κ1) is 21.8. The smallest absolute Gasteiger partial charge is 0.306 e. The molecule has 4 rings (SSSR count). The Kier molecular flexibility index (Phi) is 6.23. The number of esters is 1. The maximum Gasteiger partial charge on any atom is 0.306 e. The van der Waals surface area contributed by atoms with Crippen LogP contribution in [-0.4, -0.2) is 40.3 Å². The minimum atomic E-state index is -0.673. The summed E-state index contributed by atoms with van der Waals surface area (Å²) in [6, 6.07) is 0. The van der Waals surface area contributed by atoms with Gasteiger partial charge >= 0.3 is 5.97 Å². The predicted octanol–water partition coefficient (Wildman–Crippen LogP) is 3.58. The fourth-order valence-electron chi connectivity index (χ4n) is 6.49. The first-order valence-corrected chi connectivity index (χ1v) is 11.8. The molecule has 1 heterocycles. The largest absolute Gasteiger partial charge is 0.462 e. The zero-order valence-electron chi connectivity index (χ0n) is 18.4. The Balaban J connectivity index is 1.69. The maximum atomic E-state index is 13.4. The number of hydrogen-bond donors (Lipinski definition) is 2. The number of rotatable bonds is 1. The Morgan fingerprint density at radius 3 is 2.57 bits per heavy atom. The topological polar surface area (TPSA) is 83.8 Å². The lowest BCUT2D eigenvalue weighted by atomic mass is 9.67. The predicted molar refractivity (Wildman–Crippen MR) is 113 cm³/mol. The van der Waals surface area contributed by atoms with Crippen LogP contribution in [0, 0.1) is 35.5 Å². The molecule has 0 amide bonds. The van der Waals surface area contributed by atoms with Gasteiger partial charge < -0.3 is 14.9 Å². The number of fused-ring (bicyclic) bond motifs is 5. The number of hydrogen-bond acceptors (Lipinski definition) is 5. The first-order valence-electron chi connectivity index (χ1n) is 11.8. The minimum Gasteiger partial charge on any atom is -0.462 e. The summed E-state index contributed by atoms with van der Waals surface area (Å²) in [5.41, 5.74) is 1.98. The first-order chi connectivity index (χ1) is 14.3. The minimum absolute atomic E-state index is 0.0246. The molecule has 0 aromatic rings. The molecule has 2 N–H and O–H groups in total. The molecule has 1 saturated carbocycles. The van der Waals surface area contributed by atoms with E-state index in [1.807, 2.05) is 13.8 Å². The molecule has 166 valence electrons. The van der Waals surface area contributed by atoms with Gasteiger partial charge in [0.25, 0.3) is 0 Å². The van der Waals surface area contributed by atoms with E-state index in [9.17, 15) is 19.8 Å². The van der Waals surface area contributed by atoms with Crippen molar-refractivity contribution in [3.63, 3.8) is 0 Å². The van der Waals surface area contributed by atoms with Gasteiger partial charge in [-0.1, -0.05) is 31.6 Å². The van der Waals surface area contributed by atoms with Crippen molar-refractivity contribution in [1.29, 1.82) is 0 Å². The second-order valence-electron chi connectivity index (χ2n) is 10.1. The van der Waals surface area contributed by atoms with Crippen LogP contribution < -0.4 is 0 Å². The molecule has 4 aliphatic rings. The third kappa shape index (κ3) is 3.91. The van der Waals surface area contributed by atoms with E-state index in [0.717, 1.165) is 32.1 Å². The van der Waals surface area contributed by atoms with Crippen molar-refractivity contribution >= 4 is 11.8 Å². The van der Waals surface area contributed by atoms with Crippen LogP contribution in [0.15, 0.2) is 23.3 Å². The summed E-state index contributed by atoms with van der Waals surface area (Å²) < 4.78 is 5.77. The van der Waals surface area contributed by atoms with Crippen LogP contribution >= 0.6 is 0 Å². The Labute approximate surface area is 179 Å². The fourth-order valence-corrected chi connectivity index (χ4v) is 6.49. The zero-order chi connectivity index (χ0) is 21.6. The average molecular weight is 417 g/mol. The van der Waals surface area contributed by atoms with Gasteiger partial charge in [-0.15, -0.1) is 0 Å². The highest BCUT2D eigenvalue weighted by Crippen LogP contribution is 2.55. The molecule has 0 radical (unpaired) electrons. The number of cyclic esters (lactones) is 1. The monoisotopic (exact) mass is 416 g/mol. The lowest BCUT2D eigenvalue weighted by Gasteiger charge is -2.37. The number of aliphatic hydroxyl groups is 2. The van der Waals surface area contributed by atoms with E-state index in [-0.39, 0.29) is 48.1 Å². The quantitative estimate of drug-likeness (QED) is 0.504. The second kappa shape index (κ2) is 8.58. The molecule has 0 unspecified atom stereocenters. The molecule has 0 aromatic carbocycles. The third-order valence-electron chi connectivity index (χ3n) is 8.24. The summed E-state index contributed by atoms with van der Waals surface area (Å²) >= 11 is 0. The van der Waals surface area contributed by atoms with E-state index in [4.69, 9.17) is 4.74 Å². The molecule has 1 aliphatic heterocycles. The number of ketones is 1. The summed E-state index contributed by atoms with van der Waals surface area (Å²) in [5, 5.41) is 20.9. The van der Waals surface area contributed by atoms with Crippen molar-refractivity contribution < 1.29 is 24.5 Å². The maximum absolute atomic E-state index is 13.4. The summed E-state index contributed by atoms with van der Waals surface area (Å²) in [6.07, 6.45) is 7.76. The van der Waals surface area contributed by atoms with Crippen LogP contribution in [0.5, 0.6) is 0 Å². The van der Waals surface area contributed by atoms with Crippen LogP contribution in [-0.2, 0) is 14.3 Å². The van der Waals surface area contributed by atoms with Crippen molar-refractivity contribution in [3.8, 4) is 0 Å². The Bertz CT molecular complexity index is 753. The average Bonchev–Trinajstić information content (AvgIpc) is 3.26. The molecular weight excluding hydrogens is 380 g/mol. The number of carbonyl (C=O) groups is 2. The molecule has 0 bridgehead atoms. The molecule has 1 saturated heterocycles. The van der Waals surface area contributed by atoms with E-state index in [1.54, 1.807) is 0 Å². The normalized spacial score (nSPS) is 44.6. The zero-order valence-corrected chi connectivity index (χ0v) is 18.4. The number of ether oxygens (including phenoxy) is 1. The SMILES string of the molecule is CC[C@@H]1CCC[C@H](O)[C@H](C)C(=O)C2=C[C@@H]3[C@@H](C=C(C)[C@@H]4C[C@@H](O)C[C@@H]34)[C@@H]2CC(=O)O1. The molecule has 5 nitrogen and oxygen atoms in total. The van der Waals surface area contributed by atoms with Crippen LogP contribution in [0.1, 0.15) is 65.7 Å². The van der Waals surface area contributed by atoms with Crippen molar-refractivity contribution in [1.82, 2.24) is 0 Å². The van der Waals surface area contributed by atoms with Crippen LogP contribution in [0.25, 0.3) is 0 Å². The van der Waals surface area contributed by atoms with Gasteiger partial charge in [-0.2, -0.15) is 0 Å². The number of allylic oxidation sites excluding steroid dienone is 4. The van der Waals surface area contributed by atoms with Crippen molar-refractivity contribution in [2.24, 2.45) is 35.5 Å². The van der Waals surface area contributed by atoms with Crippen LogP contribution in [0.2, 0.25) is 0 Å². The van der Waals surface area contributed by atoms with Crippen LogP contribution in [0.3, 0.4) is 0 Å². The summed E-state index contributed by atoms with van der Waals surface area (Å²) in [7, 11) is 0. The lowest BCUT2D eigenvalue weighted by Crippen LogP contribution is -2.34. The number of carbonyl (C=O) groups excluding carboxylic acids is 2. The van der Waals surface area contributed by atoms with Crippen molar-refractivity contribution in [2.75, 3.05) is 0 Å². The summed E-state index contributed by atoms with van der Waals surface area (Å²) in [6.45, 7) is 5.96. The summed E-state index contributed by atoms with van der Waals surface area (Å²) in [4.78, 5) is 26.2. The van der Waals surface area contributed by atoms with Gasteiger partial charge in [-0.25, -0.2) is 0 Å². The standard InChI is InChI=1S/C25H36O5/c1-4-16-6-5-7-23(27)14(3)25(29)22-11-20-18(21(22)12-24(28)30-16)8-13(2)17-9-15(26)10-19(17)20/h8,11,14-21,23,26-27H,4-7,9-10,12H2,1-3H3/t14-,15+,16+,17-,18+,19+,20+,21-,23-/m0/s1. The molecular formula is C25H36O5. The fraction of sp³-hybridized carbons (Fsp3) is 0.760. The molecule has 9 atom stereocenters. The van der Waals surface area contributed by atoms with E-state index in [0.29, 0.717) is 23.8 Å². The highest BCUT2D eigenvalue weighted by atomic mass is 16.5. The Morgan fingerprint density at radius 2 is 1.83 bits per heavy atom. The second-order valence-corrected chi connectivity index (χ2v) is 10.1. The lowest BCUT2D eigenvalue weighted by molar-refractivity contribution is -0.151. The summed E-state index contributed by atoms with van der Waals surface area (Å²) in [5.74, 6) is 0.0227. The number of aliphatic hydroxyl groups excluding tert-OH is 2. The van der Waals surface area contributed by atoms with Gasteiger partial charge in [0, 0.05) is 11.8 Å².